The van der Waals surface area contributed by atoms with Crippen molar-refractivity contribution in [2.75, 3.05) is 19.6 Å². The van der Waals surface area contributed by atoms with Gasteiger partial charge in [0.2, 0.25) is 0 Å². The molecular formula is C26H28N4. The Bertz CT molecular complexity index is 1140. The van der Waals surface area contributed by atoms with Crippen molar-refractivity contribution in [2.24, 2.45) is 0 Å². The summed E-state index contributed by atoms with van der Waals surface area (Å²) < 4.78 is 1.89. The molecule has 2 aromatic carbocycles. The highest BCUT2D eigenvalue weighted by Crippen LogP contribution is 2.26. The predicted molar refractivity (Wildman–Crippen MR) is 123 cm³/mol. The van der Waals surface area contributed by atoms with Crippen molar-refractivity contribution < 1.29 is 0 Å². The molecule has 0 amide bonds. The number of hydrogen-bond acceptors (Lipinski definition) is 3. The fourth-order valence-corrected chi connectivity index (χ4v) is 4.37. The number of aromatic nitrogens is 3. The van der Waals surface area contributed by atoms with E-state index in [1.54, 1.807) is 0 Å². The summed E-state index contributed by atoms with van der Waals surface area (Å²) in [5, 5.41) is 4.56. The van der Waals surface area contributed by atoms with Crippen molar-refractivity contribution in [3.05, 3.63) is 78.2 Å². The third-order valence-corrected chi connectivity index (χ3v) is 6.14. The van der Waals surface area contributed by atoms with Crippen molar-refractivity contribution in [3.8, 4) is 22.3 Å². The summed E-state index contributed by atoms with van der Waals surface area (Å²) in [7, 11) is 0. The molecule has 2 aromatic heterocycles. The molecule has 1 fully saturated rings. The first-order valence-corrected chi connectivity index (χ1v) is 11.0. The first kappa shape index (κ1) is 19.0. The van der Waals surface area contributed by atoms with Gasteiger partial charge in [0.05, 0.1) is 6.20 Å². The Labute approximate surface area is 178 Å². The van der Waals surface area contributed by atoms with Crippen LogP contribution in [0.25, 0.3) is 27.9 Å². The fourth-order valence-electron chi connectivity index (χ4n) is 4.37. The lowest BCUT2D eigenvalue weighted by molar-refractivity contribution is 0.231. The van der Waals surface area contributed by atoms with E-state index < -0.39 is 0 Å². The van der Waals surface area contributed by atoms with Gasteiger partial charge in [-0.2, -0.15) is 5.10 Å². The highest BCUT2D eigenvalue weighted by Gasteiger charge is 2.11. The molecule has 3 heterocycles. The molecule has 1 saturated heterocycles. The molecule has 0 saturated carbocycles. The predicted octanol–water partition coefficient (Wildman–Crippen LogP) is 5.40. The normalized spacial score (nSPS) is 15.0. The van der Waals surface area contributed by atoms with E-state index in [4.69, 9.17) is 4.98 Å². The summed E-state index contributed by atoms with van der Waals surface area (Å²) >= 11 is 0. The molecule has 0 bridgehead atoms. The van der Waals surface area contributed by atoms with Crippen LogP contribution in [0.2, 0.25) is 0 Å². The van der Waals surface area contributed by atoms with Gasteiger partial charge >= 0.3 is 0 Å². The molecule has 1 aliphatic heterocycles. The Balaban J connectivity index is 1.33. The van der Waals surface area contributed by atoms with Gasteiger partial charge in [-0.25, -0.2) is 9.50 Å². The molecule has 5 rings (SSSR count). The summed E-state index contributed by atoms with van der Waals surface area (Å²) in [6, 6.07) is 17.4. The zero-order valence-corrected chi connectivity index (χ0v) is 17.6. The zero-order chi connectivity index (χ0) is 20.3. The molecule has 0 radical (unpaired) electrons. The summed E-state index contributed by atoms with van der Waals surface area (Å²) in [6.45, 7) is 5.80. The number of aryl methyl sites for hydroxylation is 1. The lowest BCUT2D eigenvalue weighted by Crippen LogP contribution is -2.31. The number of piperidine rings is 1. The van der Waals surface area contributed by atoms with E-state index in [1.165, 1.54) is 55.6 Å². The minimum Gasteiger partial charge on any atom is -0.303 e. The Morgan fingerprint density at radius 1 is 0.867 bits per heavy atom. The van der Waals surface area contributed by atoms with Crippen LogP contribution < -0.4 is 0 Å². The Kier molecular flexibility index (Phi) is 5.33. The van der Waals surface area contributed by atoms with Gasteiger partial charge in [-0.05, 0) is 56.0 Å². The maximum atomic E-state index is 4.74. The van der Waals surface area contributed by atoms with E-state index in [0.717, 1.165) is 28.8 Å². The van der Waals surface area contributed by atoms with E-state index in [0.29, 0.717) is 0 Å². The van der Waals surface area contributed by atoms with Crippen LogP contribution in [0.15, 0.2) is 67.1 Å². The number of nitrogens with zero attached hydrogens (tertiary/aromatic N) is 4. The molecule has 0 N–H and O–H groups in total. The van der Waals surface area contributed by atoms with E-state index in [2.05, 4.69) is 71.7 Å². The van der Waals surface area contributed by atoms with Gasteiger partial charge in [0.25, 0.3) is 0 Å². The number of hydrogen-bond donors (Lipinski definition) is 0. The second kappa shape index (κ2) is 8.41. The van der Waals surface area contributed by atoms with E-state index in [1.807, 2.05) is 16.9 Å². The molecule has 4 aromatic rings. The molecule has 0 spiro atoms. The standard InChI is InChI=1S/C26H28N4/c1-20-6-5-7-23(16-20)25-18-28-30-19-24(17-27-26(25)30)22-10-8-21(9-11-22)12-15-29-13-3-2-4-14-29/h5-11,16-19H,2-4,12-15H2,1H3. The van der Waals surface area contributed by atoms with Crippen LogP contribution in [-0.2, 0) is 6.42 Å². The minimum absolute atomic E-state index is 0.891. The second-order valence-electron chi connectivity index (χ2n) is 8.39. The molecule has 4 nitrogen and oxygen atoms in total. The number of fused-ring (bicyclic) bond motifs is 1. The van der Waals surface area contributed by atoms with Crippen LogP contribution >= 0.6 is 0 Å². The van der Waals surface area contributed by atoms with Gasteiger partial charge in [0, 0.05) is 30.1 Å². The zero-order valence-electron chi connectivity index (χ0n) is 17.6. The highest BCUT2D eigenvalue weighted by molar-refractivity contribution is 5.78. The van der Waals surface area contributed by atoms with Crippen molar-refractivity contribution >= 4 is 5.65 Å². The summed E-state index contributed by atoms with van der Waals surface area (Å²) in [5.41, 5.74) is 8.02. The topological polar surface area (TPSA) is 33.4 Å². The van der Waals surface area contributed by atoms with E-state index in [9.17, 15) is 0 Å². The number of rotatable bonds is 5. The van der Waals surface area contributed by atoms with Crippen LogP contribution in [0.4, 0.5) is 0 Å². The molecule has 30 heavy (non-hydrogen) atoms. The number of benzene rings is 2. The monoisotopic (exact) mass is 396 g/mol. The van der Waals surface area contributed by atoms with Gasteiger partial charge in [0.15, 0.2) is 5.65 Å². The fraction of sp³-hybridized carbons (Fsp3) is 0.308. The van der Waals surface area contributed by atoms with Gasteiger partial charge < -0.3 is 4.90 Å². The number of likely N-dealkylation sites (tertiary alicyclic amines) is 1. The SMILES string of the molecule is Cc1cccc(-c2cnn3cc(-c4ccc(CCN5CCCCC5)cc4)cnc23)c1. The summed E-state index contributed by atoms with van der Waals surface area (Å²) in [5.74, 6) is 0. The smallest absolute Gasteiger partial charge is 0.162 e. The van der Waals surface area contributed by atoms with Gasteiger partial charge in [0.1, 0.15) is 0 Å². The first-order valence-electron chi connectivity index (χ1n) is 11.0. The van der Waals surface area contributed by atoms with Gasteiger partial charge in [-0.3, -0.25) is 0 Å². The third kappa shape index (κ3) is 4.01. The first-order chi connectivity index (χ1) is 14.8. The van der Waals surface area contributed by atoms with Gasteiger partial charge in [-0.15, -0.1) is 0 Å². The van der Waals surface area contributed by atoms with Crippen molar-refractivity contribution in [2.45, 2.75) is 32.6 Å². The lowest BCUT2D eigenvalue weighted by atomic mass is 10.0. The molecule has 152 valence electrons. The average molecular weight is 397 g/mol. The second-order valence-corrected chi connectivity index (χ2v) is 8.39. The summed E-state index contributed by atoms with van der Waals surface area (Å²) in [6.07, 6.45) is 11.2. The molecule has 0 unspecified atom stereocenters. The van der Waals surface area contributed by atoms with Crippen LogP contribution in [0, 0.1) is 6.92 Å². The highest BCUT2D eigenvalue weighted by atomic mass is 15.2. The molecule has 4 heteroatoms. The van der Waals surface area contributed by atoms with E-state index >= 15 is 0 Å². The lowest BCUT2D eigenvalue weighted by Gasteiger charge is -2.26. The third-order valence-electron chi connectivity index (χ3n) is 6.14. The molecule has 0 aliphatic carbocycles. The van der Waals surface area contributed by atoms with Crippen LogP contribution in [0.3, 0.4) is 0 Å². The largest absolute Gasteiger partial charge is 0.303 e. The maximum Gasteiger partial charge on any atom is 0.162 e. The molecule has 1 aliphatic rings. The average Bonchev–Trinajstić information content (AvgIpc) is 3.22. The van der Waals surface area contributed by atoms with Crippen molar-refractivity contribution in [1.29, 1.82) is 0 Å². The Morgan fingerprint density at radius 3 is 2.50 bits per heavy atom. The van der Waals surface area contributed by atoms with Crippen LogP contribution in [-0.4, -0.2) is 39.1 Å². The Morgan fingerprint density at radius 2 is 1.70 bits per heavy atom. The van der Waals surface area contributed by atoms with Crippen molar-refractivity contribution in [3.63, 3.8) is 0 Å². The molecular weight excluding hydrogens is 368 g/mol. The molecule has 0 atom stereocenters. The van der Waals surface area contributed by atoms with Gasteiger partial charge in [-0.1, -0.05) is 60.5 Å². The Hall–Kier alpha value is -2.98. The maximum absolute atomic E-state index is 4.74. The quantitative estimate of drug-likeness (QED) is 0.453. The van der Waals surface area contributed by atoms with Crippen LogP contribution in [0.1, 0.15) is 30.4 Å². The van der Waals surface area contributed by atoms with Crippen molar-refractivity contribution in [1.82, 2.24) is 19.5 Å². The van der Waals surface area contributed by atoms with E-state index in [-0.39, 0.29) is 0 Å². The summed E-state index contributed by atoms with van der Waals surface area (Å²) in [4.78, 5) is 7.33. The minimum atomic E-state index is 0.891. The van der Waals surface area contributed by atoms with Crippen LogP contribution in [0.5, 0.6) is 0 Å².